The maximum Gasteiger partial charge on any atom is 0.235 e. The largest absolute Gasteiger partial charge is 0.371 e. The summed E-state index contributed by atoms with van der Waals surface area (Å²) in [7, 11) is -3.28. The van der Waals surface area contributed by atoms with Crippen LogP contribution in [0.25, 0.3) is 0 Å². The number of amides is 1. The second kappa shape index (κ2) is 9.57. The Balaban J connectivity index is 1.74. The van der Waals surface area contributed by atoms with Crippen LogP contribution in [0.5, 0.6) is 0 Å². The third-order valence-corrected chi connectivity index (χ3v) is 6.56. The van der Waals surface area contributed by atoms with E-state index >= 15 is 0 Å². The number of hydrogen-bond acceptors (Lipinski definition) is 4. The summed E-state index contributed by atoms with van der Waals surface area (Å²) >= 11 is 3.48. The number of anilines is 1. The first-order valence-electron chi connectivity index (χ1n) is 8.87. The van der Waals surface area contributed by atoms with Crippen molar-refractivity contribution in [3.8, 4) is 0 Å². The first-order valence-corrected chi connectivity index (χ1v) is 11.5. The van der Waals surface area contributed by atoms with E-state index in [1.54, 1.807) is 0 Å². The molecule has 1 heterocycles. The quantitative estimate of drug-likeness (QED) is 0.611. The molecule has 0 bridgehead atoms. The molecule has 1 amide bonds. The van der Waals surface area contributed by atoms with Gasteiger partial charge in [0.2, 0.25) is 5.91 Å². The van der Waals surface area contributed by atoms with Gasteiger partial charge in [0.15, 0.2) is 9.84 Å². The Labute approximate surface area is 159 Å². The van der Waals surface area contributed by atoms with Crippen LogP contribution in [0.1, 0.15) is 32.6 Å². The highest BCUT2D eigenvalue weighted by atomic mass is 79.9. The van der Waals surface area contributed by atoms with E-state index < -0.39 is 15.6 Å². The molecule has 1 fully saturated rings. The highest BCUT2D eigenvalue weighted by molar-refractivity contribution is 9.10. The van der Waals surface area contributed by atoms with Crippen molar-refractivity contribution in [3.63, 3.8) is 0 Å². The molecule has 0 radical (unpaired) electrons. The summed E-state index contributed by atoms with van der Waals surface area (Å²) in [4.78, 5) is 14.2. The summed E-state index contributed by atoms with van der Waals surface area (Å²) in [5, 5.41) is 2.80. The van der Waals surface area contributed by atoms with Crippen LogP contribution in [0.2, 0.25) is 0 Å². The molecular formula is C18H27BrN2O3S. The van der Waals surface area contributed by atoms with Crippen LogP contribution in [-0.4, -0.2) is 45.5 Å². The van der Waals surface area contributed by atoms with Gasteiger partial charge in [-0.3, -0.25) is 4.79 Å². The molecule has 1 aromatic carbocycles. The average molecular weight is 431 g/mol. The van der Waals surface area contributed by atoms with E-state index in [0.29, 0.717) is 18.9 Å². The molecule has 1 aliphatic rings. The second-order valence-electron chi connectivity index (χ2n) is 6.68. The predicted molar refractivity (Wildman–Crippen MR) is 106 cm³/mol. The molecule has 0 aliphatic carbocycles. The standard InChI is InChI=1S/C18H27BrN2O3S/c1-2-3-4-10-25(23,24)14-18(22)20-12-15-8-9-21(13-15)17-7-5-6-16(19)11-17/h5-7,11,15H,2-4,8-10,12-14H2,1H3,(H,20,22). The summed E-state index contributed by atoms with van der Waals surface area (Å²) in [5.41, 5.74) is 1.17. The lowest BCUT2D eigenvalue weighted by molar-refractivity contribution is -0.118. The molecule has 1 saturated heterocycles. The minimum Gasteiger partial charge on any atom is -0.371 e. The van der Waals surface area contributed by atoms with Gasteiger partial charge in [-0.05, 0) is 37.0 Å². The number of unbranched alkanes of at least 4 members (excludes halogenated alkanes) is 2. The minimum atomic E-state index is -3.28. The Hall–Kier alpha value is -1.08. The smallest absolute Gasteiger partial charge is 0.235 e. The maximum absolute atomic E-state index is 11.9. The fourth-order valence-electron chi connectivity index (χ4n) is 3.06. The molecule has 7 heteroatoms. The third kappa shape index (κ3) is 6.98. The fourth-order valence-corrected chi connectivity index (χ4v) is 4.74. The SMILES string of the molecule is CCCCCS(=O)(=O)CC(=O)NCC1CCN(c2cccc(Br)c2)C1. The Morgan fingerprint density at radius 3 is 2.88 bits per heavy atom. The van der Waals surface area contributed by atoms with E-state index in [0.717, 1.165) is 36.8 Å². The lowest BCUT2D eigenvalue weighted by atomic mass is 10.1. The van der Waals surface area contributed by atoms with Crippen LogP contribution in [0.4, 0.5) is 5.69 Å². The number of halogens is 1. The van der Waals surface area contributed by atoms with E-state index in [4.69, 9.17) is 0 Å². The average Bonchev–Trinajstić information content (AvgIpc) is 3.02. The van der Waals surface area contributed by atoms with E-state index in [1.165, 1.54) is 5.69 Å². The Morgan fingerprint density at radius 2 is 2.16 bits per heavy atom. The summed E-state index contributed by atoms with van der Waals surface area (Å²) < 4.78 is 24.9. The number of nitrogens with one attached hydrogen (secondary N) is 1. The molecule has 1 aromatic rings. The van der Waals surface area contributed by atoms with Crippen LogP contribution in [-0.2, 0) is 14.6 Å². The highest BCUT2D eigenvalue weighted by Gasteiger charge is 2.24. The Bertz CT molecular complexity index is 679. The van der Waals surface area contributed by atoms with Crippen molar-refractivity contribution in [2.24, 2.45) is 5.92 Å². The monoisotopic (exact) mass is 430 g/mol. The number of rotatable bonds is 9. The number of benzene rings is 1. The van der Waals surface area contributed by atoms with Crippen molar-refractivity contribution in [1.82, 2.24) is 5.32 Å². The topological polar surface area (TPSA) is 66.5 Å². The van der Waals surface area contributed by atoms with E-state index in [-0.39, 0.29) is 11.7 Å². The molecule has 140 valence electrons. The summed E-state index contributed by atoms with van der Waals surface area (Å²) in [5.74, 6) is -0.309. The van der Waals surface area contributed by atoms with E-state index in [2.05, 4.69) is 38.3 Å². The molecule has 1 atom stereocenters. The van der Waals surface area contributed by atoms with Gasteiger partial charge in [0, 0.05) is 29.8 Å². The van der Waals surface area contributed by atoms with Crippen LogP contribution >= 0.6 is 15.9 Å². The Morgan fingerprint density at radius 1 is 1.36 bits per heavy atom. The van der Waals surface area contributed by atoms with Gasteiger partial charge in [-0.25, -0.2) is 8.42 Å². The van der Waals surface area contributed by atoms with Crippen LogP contribution in [0.3, 0.4) is 0 Å². The number of hydrogen-bond donors (Lipinski definition) is 1. The van der Waals surface area contributed by atoms with Gasteiger partial charge in [0.1, 0.15) is 5.75 Å². The lowest BCUT2D eigenvalue weighted by Gasteiger charge is -2.19. The van der Waals surface area contributed by atoms with E-state index in [1.807, 2.05) is 19.1 Å². The van der Waals surface area contributed by atoms with Crippen molar-refractivity contribution < 1.29 is 13.2 Å². The molecule has 1 unspecified atom stereocenters. The van der Waals surface area contributed by atoms with Gasteiger partial charge >= 0.3 is 0 Å². The van der Waals surface area contributed by atoms with Crippen LogP contribution < -0.4 is 10.2 Å². The number of nitrogens with zero attached hydrogens (tertiary/aromatic N) is 1. The lowest BCUT2D eigenvalue weighted by Crippen LogP contribution is -2.35. The molecule has 0 spiro atoms. The van der Waals surface area contributed by atoms with Crippen molar-refractivity contribution in [2.75, 3.05) is 36.0 Å². The van der Waals surface area contributed by atoms with Crippen molar-refractivity contribution in [1.29, 1.82) is 0 Å². The van der Waals surface area contributed by atoms with Gasteiger partial charge in [-0.15, -0.1) is 0 Å². The molecule has 5 nitrogen and oxygen atoms in total. The fraction of sp³-hybridized carbons (Fsp3) is 0.611. The predicted octanol–water partition coefficient (Wildman–Crippen LogP) is 3.00. The molecule has 1 N–H and O–H groups in total. The number of carbonyl (C=O) groups excluding carboxylic acids is 1. The van der Waals surface area contributed by atoms with E-state index in [9.17, 15) is 13.2 Å². The normalized spacial score (nSPS) is 17.7. The zero-order valence-corrected chi connectivity index (χ0v) is 17.1. The molecule has 2 rings (SSSR count). The van der Waals surface area contributed by atoms with Crippen LogP contribution in [0.15, 0.2) is 28.7 Å². The number of sulfone groups is 1. The van der Waals surface area contributed by atoms with Gasteiger partial charge in [-0.1, -0.05) is 41.8 Å². The van der Waals surface area contributed by atoms with Crippen molar-refractivity contribution in [3.05, 3.63) is 28.7 Å². The summed E-state index contributed by atoms with van der Waals surface area (Å²) in [6, 6.07) is 8.18. The zero-order valence-electron chi connectivity index (χ0n) is 14.7. The van der Waals surface area contributed by atoms with Crippen molar-refractivity contribution >= 4 is 37.4 Å². The summed E-state index contributed by atoms with van der Waals surface area (Å²) in [6.45, 7) is 4.39. The molecular weight excluding hydrogens is 404 g/mol. The minimum absolute atomic E-state index is 0.106. The first kappa shape index (κ1) is 20.2. The van der Waals surface area contributed by atoms with Gasteiger partial charge < -0.3 is 10.2 Å². The van der Waals surface area contributed by atoms with Gasteiger partial charge in [-0.2, -0.15) is 0 Å². The second-order valence-corrected chi connectivity index (χ2v) is 9.78. The Kier molecular flexibility index (Phi) is 7.75. The number of carbonyl (C=O) groups is 1. The molecule has 0 saturated carbocycles. The molecule has 1 aliphatic heterocycles. The van der Waals surface area contributed by atoms with Gasteiger partial charge in [0.25, 0.3) is 0 Å². The van der Waals surface area contributed by atoms with Gasteiger partial charge in [0.05, 0.1) is 5.75 Å². The highest BCUT2D eigenvalue weighted by Crippen LogP contribution is 2.25. The first-order chi connectivity index (χ1) is 11.9. The summed E-state index contributed by atoms with van der Waals surface area (Å²) in [6.07, 6.45) is 3.48. The van der Waals surface area contributed by atoms with Crippen LogP contribution in [0, 0.1) is 5.92 Å². The zero-order chi connectivity index (χ0) is 18.3. The van der Waals surface area contributed by atoms with Crippen molar-refractivity contribution in [2.45, 2.75) is 32.6 Å². The molecule has 0 aromatic heterocycles. The molecule has 25 heavy (non-hydrogen) atoms. The third-order valence-electron chi connectivity index (χ3n) is 4.46. The maximum atomic E-state index is 11.9.